The van der Waals surface area contributed by atoms with Gasteiger partial charge in [0.25, 0.3) is 0 Å². The Kier molecular flexibility index (Phi) is 3.48. The largest absolute Gasteiger partial charge is 0.488 e. The summed E-state index contributed by atoms with van der Waals surface area (Å²) in [5, 5.41) is 19.6. The first-order valence-corrected chi connectivity index (χ1v) is 6.57. The third kappa shape index (κ3) is 2.43. The van der Waals surface area contributed by atoms with Gasteiger partial charge in [0.05, 0.1) is 5.52 Å². The average Bonchev–Trinajstić information content (AvgIpc) is 2.84. The van der Waals surface area contributed by atoms with E-state index in [1.807, 2.05) is 30.5 Å². The number of benzene rings is 1. The van der Waals surface area contributed by atoms with Crippen LogP contribution in [0.25, 0.3) is 10.9 Å². The molecule has 0 bridgehead atoms. The summed E-state index contributed by atoms with van der Waals surface area (Å²) in [6, 6.07) is 11.0. The molecular formula is C14H12BClN2O2. The van der Waals surface area contributed by atoms with Gasteiger partial charge in [-0.1, -0.05) is 35.9 Å². The molecule has 0 amide bonds. The topological polar surface area (TPSA) is 58.3 Å². The number of halogens is 1. The normalized spacial score (nSPS) is 10.9. The van der Waals surface area contributed by atoms with Gasteiger partial charge >= 0.3 is 7.12 Å². The molecule has 0 saturated heterocycles. The van der Waals surface area contributed by atoms with E-state index in [9.17, 15) is 0 Å². The molecule has 0 aliphatic carbocycles. The lowest BCUT2D eigenvalue weighted by molar-refractivity contribution is 0.426. The predicted molar refractivity (Wildman–Crippen MR) is 80.1 cm³/mol. The molecule has 0 atom stereocenters. The van der Waals surface area contributed by atoms with Gasteiger partial charge in [-0.2, -0.15) is 0 Å². The van der Waals surface area contributed by atoms with Crippen molar-refractivity contribution in [3.8, 4) is 0 Å². The zero-order valence-electron chi connectivity index (χ0n) is 10.6. The standard InChI is InChI=1S/C14H12BClN2O2/c16-14-12-6-8-18(13(12)5-7-17-14)9-10-1-3-11(4-2-10)15(19)20/h1-8,19-20H,9H2. The highest BCUT2D eigenvalue weighted by Gasteiger charge is 2.10. The van der Waals surface area contributed by atoms with Crippen molar-refractivity contribution in [2.75, 3.05) is 0 Å². The number of hydrogen-bond donors (Lipinski definition) is 2. The van der Waals surface area contributed by atoms with Crippen LogP contribution in [0.4, 0.5) is 0 Å². The summed E-state index contributed by atoms with van der Waals surface area (Å²) in [6.07, 6.45) is 3.65. The van der Waals surface area contributed by atoms with Crippen LogP contribution >= 0.6 is 11.6 Å². The summed E-state index contributed by atoms with van der Waals surface area (Å²) in [4.78, 5) is 4.06. The molecule has 4 nitrogen and oxygen atoms in total. The fourth-order valence-corrected chi connectivity index (χ4v) is 2.43. The second kappa shape index (κ2) is 5.29. The fourth-order valence-electron chi connectivity index (χ4n) is 2.22. The van der Waals surface area contributed by atoms with Crippen molar-refractivity contribution in [1.82, 2.24) is 9.55 Å². The van der Waals surface area contributed by atoms with Crippen LogP contribution in [-0.2, 0) is 6.54 Å². The summed E-state index contributed by atoms with van der Waals surface area (Å²) in [7, 11) is -1.43. The van der Waals surface area contributed by atoms with Crippen LogP contribution in [0.5, 0.6) is 0 Å². The van der Waals surface area contributed by atoms with Crippen LogP contribution < -0.4 is 5.46 Å². The minimum atomic E-state index is -1.43. The monoisotopic (exact) mass is 286 g/mol. The zero-order chi connectivity index (χ0) is 14.1. The molecule has 1 aromatic carbocycles. The smallest absolute Gasteiger partial charge is 0.423 e. The number of pyridine rings is 1. The molecule has 0 saturated carbocycles. The molecule has 0 fully saturated rings. The molecule has 2 N–H and O–H groups in total. The van der Waals surface area contributed by atoms with E-state index in [2.05, 4.69) is 9.55 Å². The lowest BCUT2D eigenvalue weighted by Crippen LogP contribution is -2.29. The van der Waals surface area contributed by atoms with E-state index in [0.29, 0.717) is 17.2 Å². The third-order valence-corrected chi connectivity index (χ3v) is 3.58. The van der Waals surface area contributed by atoms with Gasteiger partial charge in [0, 0.05) is 24.3 Å². The van der Waals surface area contributed by atoms with E-state index in [0.717, 1.165) is 16.5 Å². The molecule has 0 unspecified atom stereocenters. The molecule has 2 heterocycles. The van der Waals surface area contributed by atoms with Gasteiger partial charge in [-0.15, -0.1) is 0 Å². The maximum absolute atomic E-state index is 9.07. The van der Waals surface area contributed by atoms with E-state index in [-0.39, 0.29) is 0 Å². The number of fused-ring (bicyclic) bond motifs is 1. The van der Waals surface area contributed by atoms with Gasteiger partial charge in [-0.3, -0.25) is 0 Å². The lowest BCUT2D eigenvalue weighted by atomic mass is 9.80. The van der Waals surface area contributed by atoms with Crippen molar-refractivity contribution < 1.29 is 10.0 Å². The minimum Gasteiger partial charge on any atom is -0.423 e. The Morgan fingerprint density at radius 2 is 1.85 bits per heavy atom. The lowest BCUT2D eigenvalue weighted by Gasteiger charge is -2.07. The molecule has 0 aliphatic heterocycles. The Morgan fingerprint density at radius 1 is 1.10 bits per heavy atom. The number of nitrogens with zero attached hydrogens (tertiary/aromatic N) is 2. The highest BCUT2D eigenvalue weighted by molar-refractivity contribution is 6.58. The summed E-state index contributed by atoms with van der Waals surface area (Å²) in [5.41, 5.74) is 2.58. The first-order valence-electron chi connectivity index (χ1n) is 6.19. The van der Waals surface area contributed by atoms with Gasteiger partial charge < -0.3 is 14.6 Å². The number of hydrogen-bond acceptors (Lipinski definition) is 3. The Balaban J connectivity index is 1.91. The molecule has 0 radical (unpaired) electrons. The molecular weight excluding hydrogens is 274 g/mol. The maximum Gasteiger partial charge on any atom is 0.488 e. The molecule has 0 aliphatic rings. The molecule has 20 heavy (non-hydrogen) atoms. The van der Waals surface area contributed by atoms with Crippen LogP contribution in [0.2, 0.25) is 5.15 Å². The van der Waals surface area contributed by atoms with Crippen molar-refractivity contribution in [2.24, 2.45) is 0 Å². The Bertz CT molecular complexity index is 741. The maximum atomic E-state index is 9.07. The average molecular weight is 287 g/mol. The van der Waals surface area contributed by atoms with E-state index in [1.54, 1.807) is 18.3 Å². The Hall–Kier alpha value is -1.82. The Labute approximate surface area is 121 Å². The van der Waals surface area contributed by atoms with Gasteiger partial charge in [0.2, 0.25) is 0 Å². The third-order valence-electron chi connectivity index (χ3n) is 3.28. The Morgan fingerprint density at radius 3 is 2.55 bits per heavy atom. The van der Waals surface area contributed by atoms with Gasteiger partial charge in [-0.05, 0) is 23.2 Å². The van der Waals surface area contributed by atoms with Crippen molar-refractivity contribution >= 4 is 35.1 Å². The first-order chi connectivity index (χ1) is 9.65. The van der Waals surface area contributed by atoms with E-state index in [4.69, 9.17) is 21.6 Å². The summed E-state index contributed by atoms with van der Waals surface area (Å²) in [6.45, 7) is 0.686. The highest BCUT2D eigenvalue weighted by Crippen LogP contribution is 2.22. The van der Waals surface area contributed by atoms with E-state index >= 15 is 0 Å². The van der Waals surface area contributed by atoms with E-state index < -0.39 is 7.12 Å². The molecule has 3 aromatic rings. The van der Waals surface area contributed by atoms with E-state index in [1.165, 1.54) is 0 Å². The molecule has 6 heteroatoms. The van der Waals surface area contributed by atoms with Crippen LogP contribution in [-0.4, -0.2) is 26.7 Å². The summed E-state index contributed by atoms with van der Waals surface area (Å²) >= 11 is 6.05. The van der Waals surface area contributed by atoms with Crippen LogP contribution in [0.15, 0.2) is 48.8 Å². The number of aromatic nitrogens is 2. The summed E-state index contributed by atoms with van der Waals surface area (Å²) in [5.74, 6) is 0. The second-order valence-electron chi connectivity index (χ2n) is 4.59. The zero-order valence-corrected chi connectivity index (χ0v) is 11.3. The fraction of sp³-hybridized carbons (Fsp3) is 0.0714. The van der Waals surface area contributed by atoms with Crippen LogP contribution in [0, 0.1) is 0 Å². The van der Waals surface area contributed by atoms with Crippen molar-refractivity contribution in [3.63, 3.8) is 0 Å². The predicted octanol–water partition coefficient (Wildman–Crippen LogP) is 1.42. The van der Waals surface area contributed by atoms with Crippen molar-refractivity contribution in [3.05, 3.63) is 59.5 Å². The summed E-state index contributed by atoms with van der Waals surface area (Å²) < 4.78 is 2.08. The second-order valence-corrected chi connectivity index (χ2v) is 4.95. The van der Waals surface area contributed by atoms with Crippen molar-refractivity contribution in [1.29, 1.82) is 0 Å². The SMILES string of the molecule is OB(O)c1ccc(Cn2ccc3c(Cl)nccc32)cc1. The molecule has 100 valence electrons. The van der Waals surface area contributed by atoms with Crippen LogP contribution in [0.1, 0.15) is 5.56 Å². The molecule has 0 spiro atoms. The van der Waals surface area contributed by atoms with Crippen molar-refractivity contribution in [2.45, 2.75) is 6.54 Å². The minimum absolute atomic E-state index is 0.485. The first kappa shape index (κ1) is 13.2. The quantitative estimate of drug-likeness (QED) is 0.565. The highest BCUT2D eigenvalue weighted by atomic mass is 35.5. The van der Waals surface area contributed by atoms with Gasteiger partial charge in [-0.25, -0.2) is 4.98 Å². The number of rotatable bonds is 3. The van der Waals surface area contributed by atoms with Gasteiger partial charge in [0.1, 0.15) is 5.15 Å². The van der Waals surface area contributed by atoms with Crippen LogP contribution in [0.3, 0.4) is 0 Å². The molecule has 2 aromatic heterocycles. The van der Waals surface area contributed by atoms with Gasteiger partial charge in [0.15, 0.2) is 0 Å². The molecule has 3 rings (SSSR count).